The average molecular weight is 380 g/mol. The molecule has 28 heavy (non-hydrogen) atoms. The first-order valence-corrected chi connectivity index (χ1v) is 9.40. The molecule has 0 amide bonds. The van der Waals surface area contributed by atoms with E-state index in [9.17, 15) is 8.78 Å². The number of hydrogen-bond donors (Lipinski definition) is 0. The Morgan fingerprint density at radius 2 is 1.64 bits per heavy atom. The second kappa shape index (κ2) is 8.59. The van der Waals surface area contributed by atoms with E-state index in [1.807, 2.05) is 36.4 Å². The number of aromatic nitrogens is 1. The Bertz CT molecular complexity index is 902. The van der Waals surface area contributed by atoms with Gasteiger partial charge in [-0.25, -0.2) is 8.78 Å². The molecule has 0 spiro atoms. The van der Waals surface area contributed by atoms with Gasteiger partial charge in [0.25, 0.3) is 0 Å². The van der Waals surface area contributed by atoms with Gasteiger partial charge < -0.3 is 4.74 Å². The molecule has 0 N–H and O–H groups in total. The van der Waals surface area contributed by atoms with Crippen molar-refractivity contribution in [2.75, 3.05) is 13.2 Å². The highest BCUT2D eigenvalue weighted by Crippen LogP contribution is 2.32. The van der Waals surface area contributed by atoms with Crippen LogP contribution in [0.1, 0.15) is 22.6 Å². The number of hydrogen-bond acceptors (Lipinski definition) is 3. The van der Waals surface area contributed by atoms with Gasteiger partial charge in [0.2, 0.25) is 0 Å². The van der Waals surface area contributed by atoms with E-state index in [2.05, 4.69) is 9.88 Å². The molecular weight excluding hydrogens is 358 g/mol. The fourth-order valence-corrected chi connectivity index (χ4v) is 3.79. The highest BCUT2D eigenvalue weighted by molar-refractivity contribution is 5.25. The lowest BCUT2D eigenvalue weighted by atomic mass is 9.92. The van der Waals surface area contributed by atoms with Crippen LogP contribution < -0.4 is 0 Å². The average Bonchev–Trinajstić information content (AvgIpc) is 3.20. The molecule has 1 fully saturated rings. The van der Waals surface area contributed by atoms with Gasteiger partial charge >= 0.3 is 0 Å². The third-order valence-corrected chi connectivity index (χ3v) is 5.28. The van der Waals surface area contributed by atoms with Gasteiger partial charge in [-0.3, -0.25) is 9.88 Å². The van der Waals surface area contributed by atoms with Crippen molar-refractivity contribution in [2.24, 2.45) is 0 Å². The van der Waals surface area contributed by atoms with E-state index in [1.165, 1.54) is 18.2 Å². The van der Waals surface area contributed by atoms with Crippen molar-refractivity contribution in [3.8, 4) is 0 Å². The van der Waals surface area contributed by atoms with Crippen LogP contribution in [0.3, 0.4) is 0 Å². The molecule has 144 valence electrons. The lowest BCUT2D eigenvalue weighted by Crippen LogP contribution is -2.38. The third-order valence-electron chi connectivity index (χ3n) is 5.28. The molecule has 1 aromatic heterocycles. The van der Waals surface area contributed by atoms with Crippen LogP contribution >= 0.6 is 0 Å². The minimum Gasteiger partial charge on any atom is -0.379 e. The summed E-state index contributed by atoms with van der Waals surface area (Å²) in [5.41, 5.74) is 2.80. The van der Waals surface area contributed by atoms with Crippen molar-refractivity contribution in [1.29, 1.82) is 0 Å². The molecule has 0 aliphatic carbocycles. The van der Waals surface area contributed by atoms with Crippen molar-refractivity contribution in [3.63, 3.8) is 0 Å². The topological polar surface area (TPSA) is 25.4 Å². The van der Waals surface area contributed by atoms with Gasteiger partial charge in [-0.1, -0.05) is 30.3 Å². The summed E-state index contributed by atoms with van der Waals surface area (Å²) < 4.78 is 33.5. The Kier molecular flexibility index (Phi) is 5.74. The highest BCUT2D eigenvalue weighted by Gasteiger charge is 2.34. The van der Waals surface area contributed by atoms with Gasteiger partial charge in [0.15, 0.2) is 0 Å². The summed E-state index contributed by atoms with van der Waals surface area (Å²) in [4.78, 5) is 6.33. The van der Waals surface area contributed by atoms with Crippen LogP contribution in [0.15, 0.2) is 73.1 Å². The Morgan fingerprint density at radius 1 is 0.893 bits per heavy atom. The lowest BCUT2D eigenvalue weighted by Gasteiger charge is -2.32. The summed E-state index contributed by atoms with van der Waals surface area (Å²) in [5, 5.41) is 0. The molecule has 1 aliphatic heterocycles. The molecule has 4 rings (SSSR count). The van der Waals surface area contributed by atoms with Crippen molar-refractivity contribution in [1.82, 2.24) is 9.88 Å². The van der Waals surface area contributed by atoms with Crippen molar-refractivity contribution in [2.45, 2.75) is 25.0 Å². The predicted octanol–water partition coefficient (Wildman–Crippen LogP) is 4.54. The third kappa shape index (κ3) is 4.26. The monoisotopic (exact) mass is 380 g/mol. The zero-order valence-corrected chi connectivity index (χ0v) is 15.5. The van der Waals surface area contributed by atoms with E-state index >= 15 is 0 Å². The van der Waals surface area contributed by atoms with E-state index in [4.69, 9.17) is 4.74 Å². The number of rotatable bonds is 6. The number of halogens is 2. The maximum Gasteiger partial charge on any atom is 0.127 e. The molecule has 3 nitrogen and oxygen atoms in total. The molecule has 1 aliphatic rings. The summed E-state index contributed by atoms with van der Waals surface area (Å²) in [7, 11) is 0. The van der Waals surface area contributed by atoms with E-state index in [1.54, 1.807) is 18.5 Å². The van der Waals surface area contributed by atoms with Crippen LogP contribution in [0.5, 0.6) is 0 Å². The quantitative estimate of drug-likeness (QED) is 0.628. The van der Waals surface area contributed by atoms with Gasteiger partial charge in [0, 0.05) is 43.0 Å². The first kappa shape index (κ1) is 18.7. The molecule has 0 bridgehead atoms. The normalized spacial score (nSPS) is 19.2. The van der Waals surface area contributed by atoms with Crippen LogP contribution in [0.2, 0.25) is 0 Å². The zero-order chi connectivity index (χ0) is 19.3. The molecule has 3 aromatic rings. The number of benzene rings is 2. The lowest BCUT2D eigenvalue weighted by molar-refractivity contribution is 0.131. The summed E-state index contributed by atoms with van der Waals surface area (Å²) in [6.45, 7) is 2.26. The Balaban J connectivity index is 1.63. The predicted molar refractivity (Wildman–Crippen MR) is 104 cm³/mol. The molecular formula is C23H22F2N2O. The standard InChI is InChI=1S/C23H22F2N2O/c24-20-7-5-18(6-8-20)21-15-28-16-23(21)27(13-17-9-11-26-12-10-17)14-19-3-1-2-4-22(19)25/h1-12,21,23H,13-16H2/t21-,23+/m0/s1. The number of ether oxygens (including phenoxy) is 1. The Morgan fingerprint density at radius 3 is 2.39 bits per heavy atom. The zero-order valence-electron chi connectivity index (χ0n) is 15.5. The summed E-state index contributed by atoms with van der Waals surface area (Å²) in [6.07, 6.45) is 3.53. The van der Waals surface area contributed by atoms with Crippen LogP contribution in [0.4, 0.5) is 8.78 Å². The Hall–Kier alpha value is -2.63. The van der Waals surface area contributed by atoms with Gasteiger partial charge in [-0.2, -0.15) is 0 Å². The fraction of sp³-hybridized carbons (Fsp3) is 0.261. The first-order valence-electron chi connectivity index (χ1n) is 9.40. The van der Waals surface area contributed by atoms with Gasteiger partial charge in [-0.15, -0.1) is 0 Å². The molecule has 2 aromatic carbocycles. The molecule has 0 radical (unpaired) electrons. The maximum absolute atomic E-state index is 14.3. The van der Waals surface area contributed by atoms with Crippen LogP contribution in [0.25, 0.3) is 0 Å². The van der Waals surface area contributed by atoms with Crippen molar-refractivity contribution < 1.29 is 13.5 Å². The van der Waals surface area contributed by atoms with Crippen LogP contribution in [-0.2, 0) is 17.8 Å². The van der Waals surface area contributed by atoms with Crippen LogP contribution in [0, 0.1) is 11.6 Å². The minimum absolute atomic E-state index is 0.0678. The SMILES string of the molecule is Fc1ccc([C@@H]2COC[C@H]2N(Cc2ccncc2)Cc2ccccc2F)cc1. The van der Waals surface area contributed by atoms with Gasteiger partial charge in [0.05, 0.1) is 13.2 Å². The first-order chi connectivity index (χ1) is 13.7. The van der Waals surface area contributed by atoms with E-state index in [-0.39, 0.29) is 23.6 Å². The molecule has 0 unspecified atom stereocenters. The van der Waals surface area contributed by atoms with Gasteiger partial charge in [-0.05, 0) is 41.5 Å². The highest BCUT2D eigenvalue weighted by atomic mass is 19.1. The van der Waals surface area contributed by atoms with Crippen LogP contribution in [-0.4, -0.2) is 29.1 Å². The minimum atomic E-state index is -0.251. The largest absolute Gasteiger partial charge is 0.379 e. The van der Waals surface area contributed by atoms with E-state index in [0.717, 1.165) is 11.1 Å². The smallest absolute Gasteiger partial charge is 0.127 e. The maximum atomic E-state index is 14.3. The molecule has 1 saturated heterocycles. The van der Waals surface area contributed by atoms with Gasteiger partial charge in [0.1, 0.15) is 11.6 Å². The second-order valence-corrected chi connectivity index (χ2v) is 7.11. The van der Waals surface area contributed by atoms with E-state index < -0.39 is 0 Å². The molecule has 5 heteroatoms. The molecule has 2 heterocycles. The number of pyridine rings is 1. The molecule has 2 atom stereocenters. The van der Waals surface area contributed by atoms with Crippen molar-refractivity contribution in [3.05, 3.63) is 101 Å². The molecule has 0 saturated carbocycles. The van der Waals surface area contributed by atoms with E-state index in [0.29, 0.717) is 31.9 Å². The number of nitrogens with zero attached hydrogens (tertiary/aromatic N) is 2. The Labute approximate surface area is 163 Å². The summed E-state index contributed by atoms with van der Waals surface area (Å²) in [5.74, 6) is -0.354. The summed E-state index contributed by atoms with van der Waals surface area (Å²) in [6, 6.07) is 17.5. The second-order valence-electron chi connectivity index (χ2n) is 7.11. The summed E-state index contributed by atoms with van der Waals surface area (Å²) >= 11 is 0. The van der Waals surface area contributed by atoms with Crippen molar-refractivity contribution >= 4 is 0 Å². The fourth-order valence-electron chi connectivity index (χ4n) is 3.79.